The zero-order valence-electron chi connectivity index (χ0n) is 11.5. The third-order valence-corrected chi connectivity index (χ3v) is 2.94. The van der Waals surface area contributed by atoms with Gasteiger partial charge in [0.05, 0.1) is 0 Å². The van der Waals surface area contributed by atoms with Gasteiger partial charge in [-0.2, -0.15) is 5.26 Å². The van der Waals surface area contributed by atoms with Gasteiger partial charge < -0.3 is 5.32 Å². The molecule has 5 heteroatoms. The molecule has 0 radical (unpaired) electrons. The standard InChI is InChI=1S/C17H12F2N2O/c18-15-8-4-7-13(16(15)19)9-14(10-20)17(22)21-11-12-5-2-1-3-6-12/h1-9H,11H2,(H,21,22). The second-order valence-electron chi connectivity index (χ2n) is 4.48. The van der Waals surface area contributed by atoms with Gasteiger partial charge in [0.2, 0.25) is 0 Å². The van der Waals surface area contributed by atoms with Gasteiger partial charge in [0.1, 0.15) is 11.6 Å². The van der Waals surface area contributed by atoms with Crippen LogP contribution in [-0.2, 0) is 11.3 Å². The predicted octanol–water partition coefficient (Wildman–Crippen LogP) is 3.19. The van der Waals surface area contributed by atoms with Crippen LogP contribution in [0.15, 0.2) is 54.1 Å². The Balaban J connectivity index is 2.14. The fourth-order valence-corrected chi connectivity index (χ4v) is 1.81. The van der Waals surface area contributed by atoms with Gasteiger partial charge in [-0.3, -0.25) is 4.79 Å². The average molecular weight is 298 g/mol. The number of rotatable bonds is 4. The third-order valence-electron chi connectivity index (χ3n) is 2.94. The fourth-order valence-electron chi connectivity index (χ4n) is 1.81. The molecule has 0 saturated carbocycles. The SMILES string of the molecule is N#CC(=Cc1cccc(F)c1F)C(=O)NCc1ccccc1. The number of benzene rings is 2. The summed E-state index contributed by atoms with van der Waals surface area (Å²) in [6.45, 7) is 0.240. The number of nitrogens with zero attached hydrogens (tertiary/aromatic N) is 1. The largest absolute Gasteiger partial charge is 0.347 e. The predicted molar refractivity (Wildman–Crippen MR) is 78.2 cm³/mol. The van der Waals surface area contributed by atoms with Crippen molar-refractivity contribution in [3.8, 4) is 6.07 Å². The topological polar surface area (TPSA) is 52.9 Å². The molecule has 110 valence electrons. The van der Waals surface area contributed by atoms with Crippen LogP contribution in [-0.4, -0.2) is 5.91 Å². The third kappa shape index (κ3) is 3.76. The Hall–Kier alpha value is -3.00. The first kappa shape index (κ1) is 15.4. The van der Waals surface area contributed by atoms with Crippen LogP contribution < -0.4 is 5.32 Å². The van der Waals surface area contributed by atoms with Crippen molar-refractivity contribution in [3.05, 3.63) is 76.9 Å². The van der Waals surface area contributed by atoms with Gasteiger partial charge in [0.25, 0.3) is 5.91 Å². The molecule has 2 rings (SSSR count). The molecule has 0 aliphatic carbocycles. The van der Waals surface area contributed by atoms with Crippen LogP contribution in [0.3, 0.4) is 0 Å². The fraction of sp³-hybridized carbons (Fsp3) is 0.0588. The van der Waals surface area contributed by atoms with E-state index in [-0.39, 0.29) is 17.7 Å². The molecule has 0 heterocycles. The van der Waals surface area contributed by atoms with E-state index in [9.17, 15) is 13.6 Å². The summed E-state index contributed by atoms with van der Waals surface area (Å²) < 4.78 is 26.7. The van der Waals surface area contributed by atoms with E-state index in [1.165, 1.54) is 12.1 Å². The molecule has 3 nitrogen and oxygen atoms in total. The average Bonchev–Trinajstić information content (AvgIpc) is 2.55. The molecular formula is C17H12F2N2O. The van der Waals surface area contributed by atoms with Gasteiger partial charge in [0.15, 0.2) is 11.6 Å². The lowest BCUT2D eigenvalue weighted by atomic mass is 10.1. The van der Waals surface area contributed by atoms with Crippen LogP contribution in [0.25, 0.3) is 6.08 Å². The highest BCUT2D eigenvalue weighted by molar-refractivity contribution is 6.01. The summed E-state index contributed by atoms with van der Waals surface area (Å²) in [6.07, 6.45) is 1.03. The number of nitriles is 1. The second-order valence-corrected chi connectivity index (χ2v) is 4.48. The van der Waals surface area contributed by atoms with Crippen molar-refractivity contribution in [1.29, 1.82) is 5.26 Å². The molecule has 1 amide bonds. The first-order valence-corrected chi connectivity index (χ1v) is 6.49. The molecule has 0 spiro atoms. The molecule has 2 aromatic rings. The van der Waals surface area contributed by atoms with Crippen LogP contribution in [0, 0.1) is 23.0 Å². The maximum Gasteiger partial charge on any atom is 0.262 e. The molecule has 1 N–H and O–H groups in total. The Bertz CT molecular complexity index is 749. The van der Waals surface area contributed by atoms with Gasteiger partial charge >= 0.3 is 0 Å². The lowest BCUT2D eigenvalue weighted by Gasteiger charge is -2.05. The Labute approximate surface area is 126 Å². The number of hydrogen-bond donors (Lipinski definition) is 1. The van der Waals surface area contributed by atoms with Crippen molar-refractivity contribution in [2.45, 2.75) is 6.54 Å². The molecule has 0 unspecified atom stereocenters. The lowest BCUT2D eigenvalue weighted by Crippen LogP contribution is -2.23. The van der Waals surface area contributed by atoms with Crippen molar-refractivity contribution in [1.82, 2.24) is 5.32 Å². The summed E-state index contributed by atoms with van der Waals surface area (Å²) in [5, 5.41) is 11.6. The van der Waals surface area contributed by atoms with E-state index in [4.69, 9.17) is 5.26 Å². The van der Waals surface area contributed by atoms with E-state index in [0.717, 1.165) is 17.7 Å². The van der Waals surface area contributed by atoms with E-state index >= 15 is 0 Å². The minimum Gasteiger partial charge on any atom is -0.347 e. The van der Waals surface area contributed by atoms with Crippen LogP contribution in [0.1, 0.15) is 11.1 Å². The van der Waals surface area contributed by atoms with Crippen molar-refractivity contribution in [2.75, 3.05) is 0 Å². The van der Waals surface area contributed by atoms with E-state index < -0.39 is 17.5 Å². The Morgan fingerprint density at radius 1 is 1.14 bits per heavy atom. The Morgan fingerprint density at radius 2 is 1.86 bits per heavy atom. The van der Waals surface area contributed by atoms with Gasteiger partial charge in [-0.15, -0.1) is 0 Å². The molecule has 2 aromatic carbocycles. The quantitative estimate of drug-likeness (QED) is 0.696. The van der Waals surface area contributed by atoms with Gasteiger partial charge in [-0.25, -0.2) is 8.78 Å². The minimum atomic E-state index is -1.09. The number of nitrogens with one attached hydrogen (secondary N) is 1. The highest BCUT2D eigenvalue weighted by atomic mass is 19.2. The van der Waals surface area contributed by atoms with Crippen LogP contribution >= 0.6 is 0 Å². The first-order chi connectivity index (χ1) is 10.6. The summed E-state index contributed by atoms with van der Waals surface area (Å²) in [6, 6.07) is 14.4. The summed E-state index contributed by atoms with van der Waals surface area (Å²) in [5.74, 6) is -2.77. The number of hydrogen-bond acceptors (Lipinski definition) is 2. The molecule has 0 aliphatic heterocycles. The van der Waals surface area contributed by atoms with E-state index in [1.807, 2.05) is 30.3 Å². The summed E-state index contributed by atoms with van der Waals surface area (Å²) >= 11 is 0. The number of carbonyl (C=O) groups excluding carboxylic acids is 1. The first-order valence-electron chi connectivity index (χ1n) is 6.49. The number of amides is 1. The van der Waals surface area contributed by atoms with Crippen LogP contribution in [0.5, 0.6) is 0 Å². The summed E-state index contributed by atoms with van der Waals surface area (Å²) in [4.78, 5) is 11.9. The van der Waals surface area contributed by atoms with E-state index in [1.54, 1.807) is 6.07 Å². The van der Waals surface area contributed by atoms with Crippen molar-refractivity contribution < 1.29 is 13.6 Å². The molecule has 0 aromatic heterocycles. The van der Waals surface area contributed by atoms with E-state index in [2.05, 4.69) is 5.32 Å². The molecule has 0 bridgehead atoms. The molecule has 22 heavy (non-hydrogen) atoms. The van der Waals surface area contributed by atoms with Crippen molar-refractivity contribution >= 4 is 12.0 Å². The van der Waals surface area contributed by atoms with E-state index in [0.29, 0.717) is 0 Å². The van der Waals surface area contributed by atoms with Gasteiger partial charge in [-0.1, -0.05) is 42.5 Å². The zero-order valence-corrected chi connectivity index (χ0v) is 11.5. The second kappa shape index (κ2) is 7.14. The highest BCUT2D eigenvalue weighted by Gasteiger charge is 2.12. The Kier molecular flexibility index (Phi) is 4.99. The van der Waals surface area contributed by atoms with Crippen LogP contribution in [0.4, 0.5) is 8.78 Å². The molecule has 0 atom stereocenters. The zero-order chi connectivity index (χ0) is 15.9. The normalized spacial score (nSPS) is 10.9. The maximum atomic E-state index is 13.6. The minimum absolute atomic E-state index is 0.147. The highest BCUT2D eigenvalue weighted by Crippen LogP contribution is 2.15. The summed E-state index contributed by atoms with van der Waals surface area (Å²) in [7, 11) is 0. The Morgan fingerprint density at radius 3 is 2.55 bits per heavy atom. The number of carbonyl (C=O) groups is 1. The van der Waals surface area contributed by atoms with Crippen molar-refractivity contribution in [3.63, 3.8) is 0 Å². The van der Waals surface area contributed by atoms with Crippen molar-refractivity contribution in [2.24, 2.45) is 0 Å². The lowest BCUT2D eigenvalue weighted by molar-refractivity contribution is -0.117. The van der Waals surface area contributed by atoms with Crippen LogP contribution in [0.2, 0.25) is 0 Å². The molecule has 0 fully saturated rings. The number of halogens is 2. The van der Waals surface area contributed by atoms with Gasteiger partial charge in [-0.05, 0) is 17.7 Å². The monoisotopic (exact) mass is 298 g/mol. The van der Waals surface area contributed by atoms with Gasteiger partial charge in [0, 0.05) is 12.1 Å². The smallest absolute Gasteiger partial charge is 0.262 e. The molecular weight excluding hydrogens is 286 g/mol. The summed E-state index contributed by atoms with van der Waals surface area (Å²) in [5.41, 5.74) is 0.428. The maximum absolute atomic E-state index is 13.6. The molecule has 0 aliphatic rings. The molecule has 0 saturated heterocycles.